The second kappa shape index (κ2) is 16.5. The maximum absolute atomic E-state index is 11.2. The Bertz CT molecular complexity index is 2830. The molecule has 298 valence electrons. The SMILES string of the molecule is CP(c1ccccc1-c1ccccc1O)N(CCN(P1Oc2ccccc2-c2ccccc21)P1Oc2ccccc2-c2ccccc21)P1Oc2ccccc2-c2ccccc21. The van der Waals surface area contributed by atoms with Crippen molar-refractivity contribution in [2.75, 3.05) is 19.8 Å². The predicted octanol–water partition coefficient (Wildman–Crippen LogP) is 12.4. The molecule has 3 aliphatic rings. The van der Waals surface area contributed by atoms with E-state index in [4.69, 9.17) is 13.6 Å². The molecule has 8 aromatic rings. The maximum atomic E-state index is 11.2. The summed E-state index contributed by atoms with van der Waals surface area (Å²) in [5.41, 5.74) is 8.75. The lowest BCUT2D eigenvalue weighted by Gasteiger charge is -2.43. The molecule has 0 amide bonds. The van der Waals surface area contributed by atoms with Crippen LogP contribution in [0.4, 0.5) is 0 Å². The van der Waals surface area contributed by atoms with Gasteiger partial charge >= 0.3 is 0 Å². The van der Waals surface area contributed by atoms with E-state index in [9.17, 15) is 5.11 Å². The minimum atomic E-state index is -1.39. The average molecular weight is 869 g/mol. The number of aromatic hydroxyl groups is 1. The van der Waals surface area contributed by atoms with Gasteiger partial charge in [-0.05, 0) is 76.7 Å². The van der Waals surface area contributed by atoms with Gasteiger partial charge in [0.05, 0.1) is 0 Å². The van der Waals surface area contributed by atoms with E-state index in [-0.39, 0.29) is 5.75 Å². The molecule has 0 fully saturated rings. The van der Waals surface area contributed by atoms with Crippen LogP contribution in [0.3, 0.4) is 0 Å². The van der Waals surface area contributed by atoms with Gasteiger partial charge in [0.2, 0.25) is 24.9 Å². The molecule has 0 aliphatic carbocycles. The molecule has 0 saturated heterocycles. The lowest BCUT2D eigenvalue weighted by atomic mass is 10.0. The number of benzene rings is 8. The van der Waals surface area contributed by atoms with Crippen LogP contribution in [0.2, 0.25) is 0 Å². The third kappa shape index (κ3) is 6.93. The third-order valence-corrected chi connectivity index (χ3v) is 21.0. The molecule has 0 spiro atoms. The first-order chi connectivity index (χ1) is 30.1. The topological polar surface area (TPSA) is 54.4 Å². The monoisotopic (exact) mass is 868 g/mol. The van der Waals surface area contributed by atoms with Gasteiger partial charge in [-0.1, -0.05) is 152 Å². The Labute approximate surface area is 361 Å². The second-order valence-corrected chi connectivity index (χ2v) is 22.6. The fraction of sp³-hybridized carbons (Fsp3) is 0.0588. The van der Waals surface area contributed by atoms with Crippen molar-refractivity contribution in [2.24, 2.45) is 0 Å². The predicted molar refractivity (Wildman–Crippen MR) is 257 cm³/mol. The van der Waals surface area contributed by atoms with Crippen molar-refractivity contribution in [1.29, 1.82) is 0 Å². The highest BCUT2D eigenvalue weighted by Gasteiger charge is 2.43. The number of para-hydroxylation sites is 4. The number of hydrogen-bond donors (Lipinski definition) is 1. The molecular weight excluding hydrogens is 828 g/mol. The number of hydrogen-bond acceptors (Lipinski definition) is 6. The van der Waals surface area contributed by atoms with E-state index < -0.39 is 33.0 Å². The lowest BCUT2D eigenvalue weighted by molar-refractivity contribution is 0.477. The molecule has 11 rings (SSSR count). The number of rotatable bonds is 9. The molecule has 3 aliphatic heterocycles. The first-order valence-corrected chi connectivity index (χ1v) is 25.7. The Morgan fingerprint density at radius 2 is 0.754 bits per heavy atom. The zero-order valence-electron chi connectivity index (χ0n) is 33.2. The summed E-state index contributed by atoms with van der Waals surface area (Å²) in [4.78, 5) is 0. The van der Waals surface area contributed by atoms with Gasteiger partial charge < -0.3 is 18.7 Å². The van der Waals surface area contributed by atoms with E-state index >= 15 is 0 Å². The number of phenolic OH excluding ortho intramolecular Hbond substituents is 1. The summed E-state index contributed by atoms with van der Waals surface area (Å²) >= 11 is 0. The van der Waals surface area contributed by atoms with Gasteiger partial charge in [0.15, 0.2) is 0 Å². The van der Waals surface area contributed by atoms with Crippen molar-refractivity contribution in [1.82, 2.24) is 8.88 Å². The molecule has 0 saturated carbocycles. The van der Waals surface area contributed by atoms with E-state index in [1.54, 1.807) is 6.07 Å². The van der Waals surface area contributed by atoms with Gasteiger partial charge in [0.25, 0.3) is 0 Å². The summed E-state index contributed by atoms with van der Waals surface area (Å²) < 4.78 is 26.9. The summed E-state index contributed by atoms with van der Waals surface area (Å²) in [6, 6.07) is 67.5. The number of fused-ring (bicyclic) bond motifs is 9. The highest BCUT2D eigenvalue weighted by molar-refractivity contribution is 7.76. The normalized spacial score (nSPS) is 17.3. The van der Waals surface area contributed by atoms with Crippen LogP contribution >= 0.6 is 33.0 Å². The molecule has 0 radical (unpaired) electrons. The van der Waals surface area contributed by atoms with Crippen LogP contribution in [-0.4, -0.2) is 33.7 Å². The molecule has 8 aromatic carbocycles. The Hall–Kier alpha value is -5.40. The highest BCUT2D eigenvalue weighted by Crippen LogP contribution is 2.64. The van der Waals surface area contributed by atoms with Crippen LogP contribution < -0.4 is 34.8 Å². The molecule has 0 bridgehead atoms. The van der Waals surface area contributed by atoms with Crippen LogP contribution in [0.1, 0.15) is 0 Å². The van der Waals surface area contributed by atoms with E-state index in [2.05, 4.69) is 185 Å². The minimum Gasteiger partial charge on any atom is -0.507 e. The first kappa shape index (κ1) is 38.5. The van der Waals surface area contributed by atoms with Crippen LogP contribution in [0.15, 0.2) is 194 Å². The Balaban J connectivity index is 1.07. The molecule has 3 heterocycles. The lowest BCUT2D eigenvalue weighted by Crippen LogP contribution is -2.37. The fourth-order valence-corrected chi connectivity index (χ4v) is 18.0. The van der Waals surface area contributed by atoms with E-state index in [1.165, 1.54) is 37.9 Å². The summed E-state index contributed by atoms with van der Waals surface area (Å²) in [5.74, 6) is 2.93. The van der Waals surface area contributed by atoms with Crippen molar-refractivity contribution < 1.29 is 18.7 Å². The van der Waals surface area contributed by atoms with Gasteiger partial charge in [-0.3, -0.25) is 0 Å². The third-order valence-electron chi connectivity index (χ3n) is 11.3. The van der Waals surface area contributed by atoms with Crippen molar-refractivity contribution in [3.05, 3.63) is 194 Å². The van der Waals surface area contributed by atoms with Crippen LogP contribution in [0.5, 0.6) is 23.0 Å². The fourth-order valence-electron chi connectivity index (χ4n) is 8.46. The number of nitrogens with zero attached hydrogens (tertiary/aromatic N) is 2. The molecule has 6 nitrogen and oxygen atoms in total. The van der Waals surface area contributed by atoms with Crippen LogP contribution in [0, 0.1) is 0 Å². The molecule has 1 N–H and O–H groups in total. The minimum absolute atomic E-state index is 0.266. The zero-order valence-corrected chi connectivity index (χ0v) is 36.8. The Morgan fingerprint density at radius 1 is 0.393 bits per heavy atom. The summed E-state index contributed by atoms with van der Waals surface area (Å²) in [7, 11) is -5.17. The largest absolute Gasteiger partial charge is 0.507 e. The van der Waals surface area contributed by atoms with Gasteiger partial charge in [-0.2, -0.15) is 4.44 Å². The van der Waals surface area contributed by atoms with Crippen molar-refractivity contribution in [3.63, 3.8) is 0 Å². The molecule has 4 unspecified atom stereocenters. The van der Waals surface area contributed by atoms with Crippen molar-refractivity contribution in [3.8, 4) is 67.5 Å². The smallest absolute Gasteiger partial charge is 0.204 e. The molecular formula is C51H40N2O4P4. The second-order valence-electron chi connectivity index (χ2n) is 14.9. The first-order valence-electron chi connectivity index (χ1n) is 20.3. The highest BCUT2D eigenvalue weighted by atomic mass is 31.2. The van der Waals surface area contributed by atoms with E-state index in [0.29, 0.717) is 13.1 Å². The van der Waals surface area contributed by atoms with E-state index in [1.807, 2.05) is 18.2 Å². The Kier molecular flexibility index (Phi) is 10.4. The van der Waals surface area contributed by atoms with Crippen LogP contribution in [-0.2, 0) is 0 Å². The van der Waals surface area contributed by atoms with Gasteiger partial charge in [-0.15, -0.1) is 0 Å². The van der Waals surface area contributed by atoms with Gasteiger partial charge in [0, 0.05) is 59.3 Å². The molecule has 61 heavy (non-hydrogen) atoms. The molecule has 0 aromatic heterocycles. The maximum Gasteiger partial charge on any atom is 0.204 e. The quantitative estimate of drug-likeness (QED) is 0.146. The molecule has 4 atom stereocenters. The standard InChI is InChI=1S/C51H40N2O4P4/c1-58(48-30-14-6-22-40(48)36-18-2-10-26-44(36)54)52(59-49-31-15-7-23-41(49)37-19-3-11-27-45(37)55-59)34-35-53(60-50-32-16-8-24-42(50)38-20-4-12-28-46(38)56-60)61-51-33-17-9-25-43(51)39-21-5-13-29-47(39)57-61/h2-33,54H,34-35H2,1H3. The average Bonchev–Trinajstić information content (AvgIpc) is 3.32. The zero-order chi connectivity index (χ0) is 40.9. The van der Waals surface area contributed by atoms with Gasteiger partial charge in [0.1, 0.15) is 23.0 Å². The summed E-state index contributed by atoms with van der Waals surface area (Å²) in [5, 5.41) is 15.9. The Morgan fingerprint density at radius 3 is 1.25 bits per heavy atom. The van der Waals surface area contributed by atoms with Crippen LogP contribution in [0.25, 0.3) is 44.5 Å². The van der Waals surface area contributed by atoms with Crippen molar-refractivity contribution in [2.45, 2.75) is 0 Å². The summed E-state index contributed by atoms with van der Waals surface area (Å²) in [6.45, 7) is 3.62. The number of phenols is 1. The van der Waals surface area contributed by atoms with Gasteiger partial charge in [-0.25, -0.2) is 4.44 Å². The van der Waals surface area contributed by atoms with E-state index in [0.717, 1.165) is 45.1 Å². The summed E-state index contributed by atoms with van der Waals surface area (Å²) in [6.07, 6.45) is 0. The molecule has 10 heteroatoms. The van der Waals surface area contributed by atoms with Crippen molar-refractivity contribution >= 4 is 54.2 Å².